The fourth-order valence-electron chi connectivity index (χ4n) is 4.73. The van der Waals surface area contributed by atoms with Gasteiger partial charge in [0, 0.05) is 24.2 Å². The number of piperidine rings is 1. The Balaban J connectivity index is 1.45. The number of hydrogen-bond acceptors (Lipinski definition) is 8. The second-order valence-corrected chi connectivity index (χ2v) is 11.7. The van der Waals surface area contributed by atoms with Crippen LogP contribution >= 0.6 is 22.7 Å². The largest absolute Gasteiger partial charge is 0.348 e. The number of nitrogens with one attached hydrogen (secondary N) is 1. The van der Waals surface area contributed by atoms with E-state index in [0.29, 0.717) is 6.04 Å². The van der Waals surface area contributed by atoms with Crippen LogP contribution in [-0.4, -0.2) is 48.7 Å². The van der Waals surface area contributed by atoms with E-state index < -0.39 is 0 Å². The predicted molar refractivity (Wildman–Crippen MR) is 125 cm³/mol. The number of pyridine rings is 1. The maximum atomic E-state index is 4.89. The fraction of sp³-hybridized carbons (Fsp3) is 0.524. The minimum Gasteiger partial charge on any atom is -0.348 e. The number of imidazole rings is 1. The van der Waals surface area contributed by atoms with Gasteiger partial charge in [0.2, 0.25) is 4.96 Å². The lowest BCUT2D eigenvalue weighted by Crippen LogP contribution is -2.61. The molecule has 1 fully saturated rings. The summed E-state index contributed by atoms with van der Waals surface area (Å²) in [5.41, 5.74) is 2.85. The number of aryl methyl sites for hydroxylation is 1. The van der Waals surface area contributed by atoms with E-state index in [1.165, 1.54) is 0 Å². The highest BCUT2D eigenvalue weighted by Gasteiger charge is 2.39. The molecule has 5 heterocycles. The van der Waals surface area contributed by atoms with Gasteiger partial charge in [0.1, 0.15) is 16.2 Å². The Hall–Kier alpha value is -2.10. The number of nitrogens with zero attached hydrogens (tertiary/aromatic N) is 6. The van der Waals surface area contributed by atoms with Crippen LogP contribution in [0.15, 0.2) is 18.5 Å². The number of thiazole rings is 1. The molecule has 9 heteroatoms. The Labute approximate surface area is 184 Å². The molecule has 1 aliphatic heterocycles. The van der Waals surface area contributed by atoms with E-state index >= 15 is 0 Å². The van der Waals surface area contributed by atoms with Gasteiger partial charge in [-0.05, 0) is 53.5 Å². The lowest BCUT2D eigenvalue weighted by atomic mass is 9.79. The zero-order valence-electron chi connectivity index (χ0n) is 18.2. The van der Waals surface area contributed by atoms with E-state index in [0.717, 1.165) is 49.5 Å². The van der Waals surface area contributed by atoms with Crippen molar-refractivity contribution in [1.29, 1.82) is 0 Å². The molecule has 5 rings (SSSR count). The summed E-state index contributed by atoms with van der Waals surface area (Å²) in [5.74, 6) is 0. The van der Waals surface area contributed by atoms with Crippen molar-refractivity contribution < 1.29 is 0 Å². The minimum atomic E-state index is 0.104. The van der Waals surface area contributed by atoms with Crippen molar-refractivity contribution in [3.05, 3.63) is 23.5 Å². The molecule has 0 unspecified atom stereocenters. The van der Waals surface area contributed by atoms with Gasteiger partial charge in [-0.25, -0.2) is 14.5 Å². The molecule has 0 amide bonds. The summed E-state index contributed by atoms with van der Waals surface area (Å²) in [5, 5.41) is 10.3. The second-order valence-electron chi connectivity index (χ2n) is 9.57. The zero-order valence-corrected chi connectivity index (χ0v) is 19.9. The maximum absolute atomic E-state index is 4.89. The number of hydrogen-bond donors (Lipinski definition) is 1. The Morgan fingerprint density at radius 1 is 1.10 bits per heavy atom. The summed E-state index contributed by atoms with van der Waals surface area (Å²) < 4.78 is 2.96. The molecule has 0 aliphatic carbocycles. The molecule has 1 N–H and O–H groups in total. The van der Waals surface area contributed by atoms with Crippen LogP contribution in [0.5, 0.6) is 0 Å². The molecule has 0 saturated carbocycles. The van der Waals surface area contributed by atoms with Crippen LogP contribution in [-0.2, 0) is 0 Å². The molecular weight excluding hydrogens is 414 g/mol. The Morgan fingerprint density at radius 2 is 1.83 bits per heavy atom. The lowest BCUT2D eigenvalue weighted by Gasteiger charge is -2.48. The van der Waals surface area contributed by atoms with E-state index in [4.69, 9.17) is 4.98 Å². The predicted octanol–water partition coefficient (Wildman–Crippen LogP) is 4.52. The van der Waals surface area contributed by atoms with Crippen LogP contribution in [0, 0.1) is 6.92 Å². The van der Waals surface area contributed by atoms with Crippen molar-refractivity contribution in [3.8, 4) is 11.4 Å². The highest BCUT2D eigenvalue weighted by Crippen LogP contribution is 2.36. The second kappa shape index (κ2) is 6.70. The van der Waals surface area contributed by atoms with E-state index in [9.17, 15) is 0 Å². The van der Waals surface area contributed by atoms with E-state index in [-0.39, 0.29) is 11.1 Å². The van der Waals surface area contributed by atoms with Gasteiger partial charge in [0.25, 0.3) is 0 Å². The number of aromatic nitrogens is 5. The smallest absolute Gasteiger partial charge is 0.212 e. The molecule has 4 aromatic rings. The van der Waals surface area contributed by atoms with Crippen LogP contribution < -0.4 is 10.2 Å². The summed E-state index contributed by atoms with van der Waals surface area (Å²) in [6.45, 7) is 11.1. The Morgan fingerprint density at radius 3 is 2.53 bits per heavy atom. The summed E-state index contributed by atoms with van der Waals surface area (Å²) in [7, 11) is 2.17. The molecule has 30 heavy (non-hydrogen) atoms. The first-order valence-corrected chi connectivity index (χ1v) is 11.8. The average molecular weight is 442 g/mol. The summed E-state index contributed by atoms with van der Waals surface area (Å²) in [6, 6.07) is 2.54. The number of rotatable bonds is 3. The van der Waals surface area contributed by atoms with Gasteiger partial charge in [-0.2, -0.15) is 5.10 Å². The van der Waals surface area contributed by atoms with Crippen LogP contribution in [0.2, 0.25) is 0 Å². The van der Waals surface area contributed by atoms with Crippen molar-refractivity contribution in [2.75, 3.05) is 11.9 Å². The van der Waals surface area contributed by atoms with Gasteiger partial charge >= 0.3 is 0 Å². The Kier molecular flexibility index (Phi) is 4.43. The summed E-state index contributed by atoms with van der Waals surface area (Å²) in [6.07, 6.45) is 5.98. The third-order valence-corrected chi connectivity index (χ3v) is 7.63. The molecule has 1 saturated heterocycles. The molecule has 0 spiro atoms. The molecule has 0 atom stereocenters. The van der Waals surface area contributed by atoms with Crippen LogP contribution in [0.25, 0.3) is 26.6 Å². The average Bonchev–Trinajstić information content (AvgIpc) is 3.29. The summed E-state index contributed by atoms with van der Waals surface area (Å²) >= 11 is 3.31. The van der Waals surface area contributed by atoms with Gasteiger partial charge in [0.15, 0.2) is 5.13 Å². The molecule has 0 bridgehead atoms. The first-order chi connectivity index (χ1) is 14.1. The van der Waals surface area contributed by atoms with Crippen molar-refractivity contribution >= 4 is 43.0 Å². The summed E-state index contributed by atoms with van der Waals surface area (Å²) in [4.78, 5) is 17.4. The van der Waals surface area contributed by atoms with Crippen LogP contribution in [0.1, 0.15) is 45.5 Å². The van der Waals surface area contributed by atoms with Crippen LogP contribution in [0.3, 0.4) is 0 Å². The number of anilines is 1. The quantitative estimate of drug-likeness (QED) is 0.504. The van der Waals surface area contributed by atoms with Gasteiger partial charge in [-0.3, -0.25) is 4.98 Å². The fourth-order valence-corrected chi connectivity index (χ4v) is 6.46. The zero-order chi connectivity index (χ0) is 21.3. The SMILES string of the molecule is Cc1nn2cc(-c3cc4sc(N(C)C5CC(C)(C)NC(C)(C)C5)nc4cn3)nc2s1. The highest BCUT2D eigenvalue weighted by atomic mass is 32.1. The maximum Gasteiger partial charge on any atom is 0.212 e. The molecule has 158 valence electrons. The normalized spacial score (nSPS) is 19.0. The third kappa shape index (κ3) is 3.59. The van der Waals surface area contributed by atoms with Gasteiger partial charge in [-0.1, -0.05) is 22.7 Å². The standard InChI is InChI=1S/C21H27N7S2/c1-12-25-28-11-16(24-19(28)29-12)14-7-17-15(10-22-14)23-18(30-17)27(6)13-8-20(2,3)26-21(4,5)9-13/h7,10-11,13,26H,8-9H2,1-6H3. The van der Waals surface area contributed by atoms with Crippen molar-refractivity contribution in [1.82, 2.24) is 29.9 Å². The van der Waals surface area contributed by atoms with Crippen molar-refractivity contribution in [3.63, 3.8) is 0 Å². The molecular formula is C21H27N7S2. The van der Waals surface area contributed by atoms with Crippen LogP contribution in [0.4, 0.5) is 5.13 Å². The van der Waals surface area contributed by atoms with E-state index in [1.807, 2.05) is 23.8 Å². The molecule has 7 nitrogen and oxygen atoms in total. The lowest BCUT2D eigenvalue weighted by molar-refractivity contribution is 0.161. The van der Waals surface area contributed by atoms with Crippen molar-refractivity contribution in [2.24, 2.45) is 0 Å². The van der Waals surface area contributed by atoms with E-state index in [1.54, 1.807) is 22.7 Å². The molecule has 4 aromatic heterocycles. The first-order valence-electron chi connectivity index (χ1n) is 10.2. The highest BCUT2D eigenvalue weighted by molar-refractivity contribution is 7.22. The van der Waals surface area contributed by atoms with E-state index in [2.05, 4.69) is 66.1 Å². The van der Waals surface area contributed by atoms with Gasteiger partial charge in [0.05, 0.1) is 22.8 Å². The molecule has 0 radical (unpaired) electrons. The number of fused-ring (bicyclic) bond motifs is 2. The van der Waals surface area contributed by atoms with Gasteiger partial charge in [-0.15, -0.1) is 0 Å². The molecule has 1 aliphatic rings. The van der Waals surface area contributed by atoms with Gasteiger partial charge < -0.3 is 10.2 Å². The topological polar surface area (TPSA) is 71.2 Å². The monoisotopic (exact) mass is 441 g/mol. The third-order valence-electron chi connectivity index (χ3n) is 5.69. The molecule has 0 aromatic carbocycles. The van der Waals surface area contributed by atoms with Crippen molar-refractivity contribution in [2.45, 2.75) is 64.6 Å². The Bertz CT molecular complexity index is 1190. The first kappa shape index (κ1) is 19.8. The minimum absolute atomic E-state index is 0.104.